The number of carbonyl (C=O) groups excluding carboxylic acids is 2. The van der Waals surface area contributed by atoms with Crippen LogP contribution in [-0.2, 0) is 9.53 Å². The Hall–Kier alpha value is -3.19. The van der Waals surface area contributed by atoms with E-state index in [1.165, 1.54) is 6.07 Å². The molecular weight excluding hydrogens is 356 g/mol. The second-order valence-electron chi connectivity index (χ2n) is 5.86. The van der Waals surface area contributed by atoms with Gasteiger partial charge in [0.05, 0.1) is 12.3 Å². The van der Waals surface area contributed by atoms with Crippen LogP contribution in [0.1, 0.15) is 42.1 Å². The first-order valence-corrected chi connectivity index (χ1v) is 9.04. The summed E-state index contributed by atoms with van der Waals surface area (Å²) in [6.45, 7) is 10.3. The standard InChI is InChI=1S/C21H28N4O3/c1-5-7-8-12-28-15(3)20(18(6-2)23-4)24-19(14-26)16-10-9-11-17(13-16)21(27)25-22/h6,9-11,13-14,23H,2-3,5,7-8,12,22H2,1,4H3,(H,25,27)/b20-18-,24-19?. The number of hydrogen-bond donors (Lipinski definition) is 3. The van der Waals surface area contributed by atoms with Crippen LogP contribution in [0.25, 0.3) is 0 Å². The van der Waals surface area contributed by atoms with Crippen molar-refractivity contribution in [3.05, 3.63) is 71.8 Å². The number of amides is 1. The molecule has 0 saturated heterocycles. The van der Waals surface area contributed by atoms with Crippen LogP contribution in [-0.4, -0.2) is 31.6 Å². The fourth-order valence-corrected chi connectivity index (χ4v) is 2.39. The molecule has 0 radical (unpaired) electrons. The molecular formula is C21H28N4O3. The zero-order chi connectivity index (χ0) is 20.9. The molecule has 4 N–H and O–H groups in total. The number of nitrogens with zero attached hydrogens (tertiary/aromatic N) is 1. The molecule has 0 fully saturated rings. The minimum absolute atomic E-state index is 0.120. The molecule has 0 saturated carbocycles. The number of aliphatic imine (C=N–C) groups is 1. The number of allylic oxidation sites excluding steroid dienone is 1. The van der Waals surface area contributed by atoms with Crippen LogP contribution in [0.3, 0.4) is 0 Å². The Morgan fingerprint density at radius 3 is 2.61 bits per heavy atom. The Morgan fingerprint density at radius 2 is 2.04 bits per heavy atom. The number of carbonyl (C=O) groups is 2. The first kappa shape index (κ1) is 22.9. The lowest BCUT2D eigenvalue weighted by atomic mass is 10.1. The van der Waals surface area contributed by atoms with Crippen LogP contribution < -0.4 is 16.6 Å². The van der Waals surface area contributed by atoms with Crippen molar-refractivity contribution in [1.29, 1.82) is 0 Å². The van der Waals surface area contributed by atoms with Crippen LogP contribution in [0, 0.1) is 0 Å². The summed E-state index contributed by atoms with van der Waals surface area (Å²) < 4.78 is 5.71. The number of aldehydes is 1. The predicted molar refractivity (Wildman–Crippen MR) is 112 cm³/mol. The van der Waals surface area contributed by atoms with E-state index in [1.807, 2.05) is 0 Å². The Balaban J connectivity index is 3.29. The van der Waals surface area contributed by atoms with E-state index in [0.717, 1.165) is 19.3 Å². The molecule has 7 heteroatoms. The van der Waals surface area contributed by atoms with Crippen molar-refractivity contribution in [2.75, 3.05) is 13.7 Å². The molecule has 1 amide bonds. The van der Waals surface area contributed by atoms with Gasteiger partial charge in [0.2, 0.25) is 0 Å². The van der Waals surface area contributed by atoms with Crippen molar-refractivity contribution in [1.82, 2.24) is 10.7 Å². The van der Waals surface area contributed by atoms with E-state index in [9.17, 15) is 9.59 Å². The van der Waals surface area contributed by atoms with Gasteiger partial charge in [-0.15, -0.1) is 0 Å². The summed E-state index contributed by atoms with van der Waals surface area (Å²) in [5.74, 6) is 5.04. The van der Waals surface area contributed by atoms with E-state index in [2.05, 4.69) is 35.8 Å². The first-order chi connectivity index (χ1) is 13.5. The molecule has 0 aromatic heterocycles. The van der Waals surface area contributed by atoms with Gasteiger partial charge in [-0.05, 0) is 24.6 Å². The highest BCUT2D eigenvalue weighted by Gasteiger charge is 2.13. The molecule has 0 aliphatic carbocycles. The molecule has 7 nitrogen and oxygen atoms in total. The maximum absolute atomic E-state index is 11.7. The van der Waals surface area contributed by atoms with Gasteiger partial charge in [0.25, 0.3) is 5.91 Å². The maximum Gasteiger partial charge on any atom is 0.265 e. The predicted octanol–water partition coefficient (Wildman–Crippen LogP) is 2.62. The summed E-state index contributed by atoms with van der Waals surface area (Å²) in [6.07, 6.45) is 5.20. The van der Waals surface area contributed by atoms with E-state index in [0.29, 0.717) is 41.2 Å². The third kappa shape index (κ3) is 6.51. The van der Waals surface area contributed by atoms with Crippen LogP contribution in [0.5, 0.6) is 0 Å². The topological polar surface area (TPSA) is 106 Å². The number of unbranched alkanes of at least 4 members (excludes halogenated alkanes) is 2. The second kappa shape index (κ2) is 12.2. The summed E-state index contributed by atoms with van der Waals surface area (Å²) in [7, 11) is 1.71. The van der Waals surface area contributed by atoms with Crippen molar-refractivity contribution in [3.8, 4) is 0 Å². The SMILES string of the molecule is C=C/C(NC)=C(/N=C(C=O)c1cccc(C(=O)NN)c1)C(=C)OCCCCC. The van der Waals surface area contributed by atoms with Gasteiger partial charge in [-0.1, -0.05) is 45.1 Å². The highest BCUT2D eigenvalue weighted by atomic mass is 16.5. The number of nitrogens with two attached hydrogens (primary N) is 1. The molecule has 150 valence electrons. The van der Waals surface area contributed by atoms with Gasteiger partial charge in [-0.3, -0.25) is 15.0 Å². The molecule has 1 rings (SSSR count). The van der Waals surface area contributed by atoms with E-state index in [4.69, 9.17) is 10.6 Å². The van der Waals surface area contributed by atoms with Gasteiger partial charge in [0.1, 0.15) is 17.2 Å². The first-order valence-electron chi connectivity index (χ1n) is 9.04. The lowest BCUT2D eigenvalue weighted by molar-refractivity contribution is -0.102. The lowest BCUT2D eigenvalue weighted by Crippen LogP contribution is -2.30. The second-order valence-corrected chi connectivity index (χ2v) is 5.86. The van der Waals surface area contributed by atoms with Gasteiger partial charge in [0, 0.05) is 18.2 Å². The zero-order valence-electron chi connectivity index (χ0n) is 16.5. The number of nitrogens with one attached hydrogen (secondary N) is 2. The van der Waals surface area contributed by atoms with Crippen LogP contribution >= 0.6 is 0 Å². The smallest absolute Gasteiger partial charge is 0.265 e. The monoisotopic (exact) mass is 384 g/mol. The van der Waals surface area contributed by atoms with Crippen molar-refractivity contribution in [2.24, 2.45) is 10.8 Å². The minimum Gasteiger partial charge on any atom is -0.492 e. The van der Waals surface area contributed by atoms with Gasteiger partial charge in [-0.25, -0.2) is 10.8 Å². The summed E-state index contributed by atoms with van der Waals surface area (Å²) in [5, 5.41) is 2.97. The summed E-state index contributed by atoms with van der Waals surface area (Å²) in [4.78, 5) is 27.9. The highest BCUT2D eigenvalue weighted by molar-refractivity contribution is 6.36. The largest absolute Gasteiger partial charge is 0.492 e. The lowest BCUT2D eigenvalue weighted by Gasteiger charge is -2.14. The summed E-state index contributed by atoms with van der Waals surface area (Å²) in [5.41, 5.74) is 3.89. The summed E-state index contributed by atoms with van der Waals surface area (Å²) >= 11 is 0. The van der Waals surface area contributed by atoms with Gasteiger partial charge in [-0.2, -0.15) is 0 Å². The average molecular weight is 384 g/mol. The number of hydrazine groups is 1. The molecule has 28 heavy (non-hydrogen) atoms. The minimum atomic E-state index is -0.464. The van der Waals surface area contributed by atoms with Crippen LogP contribution in [0.15, 0.2) is 65.6 Å². The number of likely N-dealkylation sites (N-methyl/N-ethyl adjacent to an activating group) is 1. The van der Waals surface area contributed by atoms with Crippen molar-refractivity contribution < 1.29 is 14.3 Å². The average Bonchev–Trinajstić information content (AvgIpc) is 2.73. The molecule has 1 aromatic rings. The quantitative estimate of drug-likeness (QED) is 0.0751. The zero-order valence-corrected chi connectivity index (χ0v) is 16.5. The Morgan fingerprint density at radius 1 is 1.32 bits per heavy atom. The fourth-order valence-electron chi connectivity index (χ4n) is 2.39. The number of benzene rings is 1. The number of hydrogen-bond acceptors (Lipinski definition) is 6. The van der Waals surface area contributed by atoms with Crippen LogP contribution in [0.4, 0.5) is 0 Å². The third-order valence-corrected chi connectivity index (χ3v) is 3.91. The van der Waals surface area contributed by atoms with Crippen molar-refractivity contribution in [2.45, 2.75) is 26.2 Å². The molecule has 0 aliphatic heterocycles. The Bertz CT molecular complexity index is 782. The molecule has 0 aliphatic rings. The van der Waals surface area contributed by atoms with Gasteiger partial charge in [0.15, 0.2) is 6.29 Å². The Kier molecular flexibility index (Phi) is 9.99. The van der Waals surface area contributed by atoms with Gasteiger partial charge < -0.3 is 10.1 Å². The highest BCUT2D eigenvalue weighted by Crippen LogP contribution is 2.18. The molecule has 0 unspecified atom stereocenters. The summed E-state index contributed by atoms with van der Waals surface area (Å²) in [6, 6.07) is 6.44. The number of nitrogen functional groups attached to an aromatic ring is 1. The molecule has 0 atom stereocenters. The number of rotatable bonds is 12. The molecule has 0 spiro atoms. The molecule has 0 heterocycles. The molecule has 1 aromatic carbocycles. The van der Waals surface area contributed by atoms with E-state index in [1.54, 1.807) is 31.3 Å². The van der Waals surface area contributed by atoms with E-state index < -0.39 is 5.91 Å². The van der Waals surface area contributed by atoms with Crippen LogP contribution in [0.2, 0.25) is 0 Å². The maximum atomic E-state index is 11.7. The van der Waals surface area contributed by atoms with Crippen molar-refractivity contribution >= 4 is 17.9 Å². The molecule has 0 bridgehead atoms. The van der Waals surface area contributed by atoms with E-state index in [-0.39, 0.29) is 5.71 Å². The number of ether oxygens (including phenoxy) is 1. The Labute approximate surface area is 166 Å². The van der Waals surface area contributed by atoms with Crippen molar-refractivity contribution in [3.63, 3.8) is 0 Å². The van der Waals surface area contributed by atoms with E-state index >= 15 is 0 Å². The third-order valence-electron chi connectivity index (χ3n) is 3.91. The normalized spacial score (nSPS) is 11.9. The van der Waals surface area contributed by atoms with Gasteiger partial charge >= 0.3 is 0 Å². The fraction of sp³-hybridized carbons (Fsp3) is 0.286.